The lowest BCUT2D eigenvalue weighted by atomic mass is 10.0. The number of anilines is 1. The molecular formula is C14H15N3O2. The summed E-state index contributed by atoms with van der Waals surface area (Å²) in [6, 6.07) is 6.18. The van der Waals surface area contributed by atoms with Crippen LogP contribution in [-0.4, -0.2) is 27.6 Å². The summed E-state index contributed by atoms with van der Waals surface area (Å²) in [5.41, 5.74) is 4.37. The fourth-order valence-corrected chi connectivity index (χ4v) is 1.85. The van der Waals surface area contributed by atoms with Crippen LogP contribution in [-0.2, 0) is 4.79 Å². The Morgan fingerprint density at radius 3 is 2.53 bits per heavy atom. The summed E-state index contributed by atoms with van der Waals surface area (Å²) >= 11 is 0. The lowest BCUT2D eigenvalue weighted by Gasteiger charge is -2.07. The third kappa shape index (κ3) is 3.28. The molecule has 98 valence electrons. The van der Waals surface area contributed by atoms with E-state index in [4.69, 9.17) is 5.11 Å². The molecule has 0 aliphatic heterocycles. The standard InChI is InChI=1S/C14H15N3O2/c1-9-3-4-12(10(2)5-9)11-6-15-14(16-7-11)17-8-13(18)19/h3-7H,8H2,1-2H3,(H,18,19)(H,15,16,17). The Morgan fingerprint density at radius 2 is 1.95 bits per heavy atom. The number of hydrogen-bond acceptors (Lipinski definition) is 4. The molecule has 5 heteroatoms. The molecular weight excluding hydrogens is 242 g/mol. The van der Waals surface area contributed by atoms with Crippen molar-refractivity contribution < 1.29 is 9.90 Å². The topological polar surface area (TPSA) is 75.1 Å². The van der Waals surface area contributed by atoms with Gasteiger partial charge in [-0.25, -0.2) is 9.97 Å². The monoisotopic (exact) mass is 257 g/mol. The first-order chi connectivity index (χ1) is 9.06. The van der Waals surface area contributed by atoms with Gasteiger partial charge in [0.15, 0.2) is 0 Å². The predicted molar refractivity (Wildman–Crippen MR) is 73.1 cm³/mol. The molecule has 0 unspecified atom stereocenters. The summed E-state index contributed by atoms with van der Waals surface area (Å²) in [6.07, 6.45) is 3.38. The molecule has 0 aliphatic rings. The zero-order valence-corrected chi connectivity index (χ0v) is 10.8. The predicted octanol–water partition coefficient (Wildman–Crippen LogP) is 2.26. The van der Waals surface area contributed by atoms with Crippen molar-refractivity contribution in [3.05, 3.63) is 41.7 Å². The van der Waals surface area contributed by atoms with E-state index in [0.29, 0.717) is 5.95 Å². The highest BCUT2D eigenvalue weighted by molar-refractivity contribution is 5.72. The van der Waals surface area contributed by atoms with E-state index in [1.807, 2.05) is 26.0 Å². The van der Waals surface area contributed by atoms with Crippen molar-refractivity contribution in [1.29, 1.82) is 0 Å². The number of nitrogens with zero attached hydrogens (tertiary/aromatic N) is 2. The number of benzene rings is 1. The van der Waals surface area contributed by atoms with Gasteiger partial charge in [0.25, 0.3) is 0 Å². The van der Waals surface area contributed by atoms with Gasteiger partial charge in [-0.2, -0.15) is 0 Å². The molecule has 0 saturated heterocycles. The van der Waals surface area contributed by atoms with Crippen molar-refractivity contribution in [3.63, 3.8) is 0 Å². The van der Waals surface area contributed by atoms with Gasteiger partial charge >= 0.3 is 5.97 Å². The molecule has 2 rings (SSSR count). The Hall–Kier alpha value is -2.43. The van der Waals surface area contributed by atoms with Crippen LogP contribution in [0.5, 0.6) is 0 Å². The number of aliphatic carboxylic acids is 1. The van der Waals surface area contributed by atoms with E-state index >= 15 is 0 Å². The number of carboxylic acid groups (broad SMARTS) is 1. The summed E-state index contributed by atoms with van der Waals surface area (Å²) in [6.45, 7) is 3.90. The highest BCUT2D eigenvalue weighted by atomic mass is 16.4. The molecule has 0 fully saturated rings. The van der Waals surface area contributed by atoms with Gasteiger partial charge in [0, 0.05) is 18.0 Å². The molecule has 0 amide bonds. The minimum Gasteiger partial charge on any atom is -0.480 e. The Balaban J connectivity index is 2.20. The first kappa shape index (κ1) is 13.0. The highest BCUT2D eigenvalue weighted by Gasteiger charge is 2.04. The second-order valence-electron chi connectivity index (χ2n) is 4.36. The molecule has 1 aromatic carbocycles. The number of aromatic nitrogens is 2. The molecule has 0 saturated carbocycles. The second kappa shape index (κ2) is 5.48. The number of aryl methyl sites for hydroxylation is 2. The quantitative estimate of drug-likeness (QED) is 0.878. The van der Waals surface area contributed by atoms with E-state index < -0.39 is 5.97 Å². The van der Waals surface area contributed by atoms with Crippen molar-refractivity contribution in [2.24, 2.45) is 0 Å². The van der Waals surface area contributed by atoms with Crippen molar-refractivity contribution >= 4 is 11.9 Å². The van der Waals surface area contributed by atoms with Crippen LogP contribution >= 0.6 is 0 Å². The molecule has 0 bridgehead atoms. The van der Waals surface area contributed by atoms with Gasteiger partial charge in [0.2, 0.25) is 5.95 Å². The van der Waals surface area contributed by atoms with E-state index in [1.165, 1.54) is 5.56 Å². The second-order valence-corrected chi connectivity index (χ2v) is 4.36. The maximum atomic E-state index is 10.4. The van der Waals surface area contributed by atoms with E-state index in [9.17, 15) is 4.79 Å². The molecule has 2 aromatic rings. The lowest BCUT2D eigenvalue weighted by molar-refractivity contribution is -0.134. The Morgan fingerprint density at radius 1 is 1.26 bits per heavy atom. The normalized spacial score (nSPS) is 10.2. The molecule has 0 aliphatic carbocycles. The average molecular weight is 257 g/mol. The number of carboxylic acids is 1. The zero-order chi connectivity index (χ0) is 13.8. The largest absolute Gasteiger partial charge is 0.480 e. The Bertz CT molecular complexity index is 594. The lowest BCUT2D eigenvalue weighted by Crippen LogP contribution is -2.14. The van der Waals surface area contributed by atoms with Gasteiger partial charge in [0.05, 0.1) is 0 Å². The Labute approximate surface area is 111 Å². The Kier molecular flexibility index (Phi) is 3.75. The first-order valence-corrected chi connectivity index (χ1v) is 5.91. The molecule has 1 heterocycles. The number of carbonyl (C=O) groups is 1. The van der Waals surface area contributed by atoms with E-state index in [-0.39, 0.29) is 6.54 Å². The molecule has 0 radical (unpaired) electrons. The summed E-state index contributed by atoms with van der Waals surface area (Å²) < 4.78 is 0. The molecule has 0 atom stereocenters. The van der Waals surface area contributed by atoms with Crippen LogP contribution < -0.4 is 5.32 Å². The van der Waals surface area contributed by atoms with Gasteiger partial charge < -0.3 is 10.4 Å². The smallest absolute Gasteiger partial charge is 0.322 e. The third-order valence-corrected chi connectivity index (χ3v) is 2.74. The molecule has 1 aromatic heterocycles. The average Bonchev–Trinajstić information content (AvgIpc) is 2.37. The van der Waals surface area contributed by atoms with Crippen molar-refractivity contribution in [3.8, 4) is 11.1 Å². The minimum absolute atomic E-state index is 0.192. The van der Waals surface area contributed by atoms with E-state index in [0.717, 1.165) is 16.7 Å². The van der Waals surface area contributed by atoms with Crippen LogP contribution in [0.3, 0.4) is 0 Å². The fourth-order valence-electron chi connectivity index (χ4n) is 1.85. The summed E-state index contributed by atoms with van der Waals surface area (Å²) in [4.78, 5) is 18.6. The SMILES string of the molecule is Cc1ccc(-c2cnc(NCC(=O)O)nc2)c(C)c1. The first-order valence-electron chi connectivity index (χ1n) is 5.91. The van der Waals surface area contributed by atoms with Crippen LogP contribution in [0.25, 0.3) is 11.1 Å². The molecule has 2 N–H and O–H groups in total. The highest BCUT2D eigenvalue weighted by Crippen LogP contribution is 2.23. The molecule has 5 nitrogen and oxygen atoms in total. The zero-order valence-electron chi connectivity index (χ0n) is 10.8. The number of rotatable bonds is 4. The minimum atomic E-state index is -0.943. The van der Waals surface area contributed by atoms with Gasteiger partial charge in [0.1, 0.15) is 6.54 Å². The maximum Gasteiger partial charge on any atom is 0.322 e. The van der Waals surface area contributed by atoms with Crippen LogP contribution in [0.1, 0.15) is 11.1 Å². The summed E-state index contributed by atoms with van der Waals surface area (Å²) in [7, 11) is 0. The van der Waals surface area contributed by atoms with Crippen molar-refractivity contribution in [2.45, 2.75) is 13.8 Å². The third-order valence-electron chi connectivity index (χ3n) is 2.74. The van der Waals surface area contributed by atoms with E-state index in [2.05, 4.69) is 21.4 Å². The fraction of sp³-hybridized carbons (Fsp3) is 0.214. The van der Waals surface area contributed by atoms with Gasteiger partial charge in [-0.15, -0.1) is 0 Å². The van der Waals surface area contributed by atoms with Gasteiger partial charge in [-0.1, -0.05) is 23.8 Å². The summed E-state index contributed by atoms with van der Waals surface area (Å²) in [5, 5.41) is 11.2. The number of hydrogen-bond donors (Lipinski definition) is 2. The summed E-state index contributed by atoms with van der Waals surface area (Å²) in [5.74, 6) is -0.627. The van der Waals surface area contributed by atoms with Gasteiger partial charge in [-0.3, -0.25) is 4.79 Å². The van der Waals surface area contributed by atoms with Gasteiger partial charge in [-0.05, 0) is 25.0 Å². The van der Waals surface area contributed by atoms with E-state index in [1.54, 1.807) is 12.4 Å². The van der Waals surface area contributed by atoms with Crippen LogP contribution in [0.2, 0.25) is 0 Å². The number of nitrogens with one attached hydrogen (secondary N) is 1. The maximum absolute atomic E-state index is 10.4. The van der Waals surface area contributed by atoms with Crippen molar-refractivity contribution in [2.75, 3.05) is 11.9 Å². The molecule has 19 heavy (non-hydrogen) atoms. The van der Waals surface area contributed by atoms with Crippen molar-refractivity contribution in [1.82, 2.24) is 9.97 Å². The van der Waals surface area contributed by atoms with Crippen LogP contribution in [0.4, 0.5) is 5.95 Å². The molecule has 0 spiro atoms. The van der Waals surface area contributed by atoms with Crippen LogP contribution in [0.15, 0.2) is 30.6 Å². The van der Waals surface area contributed by atoms with Crippen LogP contribution in [0, 0.1) is 13.8 Å².